The van der Waals surface area contributed by atoms with E-state index in [1.807, 2.05) is 34.0 Å². The molecule has 21 rings (SSSR count). The van der Waals surface area contributed by atoms with Gasteiger partial charge in [0, 0.05) is 111 Å². The van der Waals surface area contributed by atoms with E-state index < -0.39 is 0 Å². The summed E-state index contributed by atoms with van der Waals surface area (Å²) in [5, 5.41) is 8.13. The zero-order valence-corrected chi connectivity index (χ0v) is 67.9. The molecule has 3 aliphatic heterocycles. The van der Waals surface area contributed by atoms with Gasteiger partial charge in [-0.2, -0.15) is 13.7 Å². The summed E-state index contributed by atoms with van der Waals surface area (Å²) in [5.41, 5.74) is 28.6. The quantitative estimate of drug-likeness (QED) is 0.109. The van der Waals surface area contributed by atoms with Crippen molar-refractivity contribution in [2.24, 2.45) is 0 Å². The minimum absolute atomic E-state index is 0.397. The molecule has 0 spiro atoms. The van der Waals surface area contributed by atoms with Gasteiger partial charge >= 0.3 is 0 Å². The first-order valence-corrected chi connectivity index (χ1v) is 42.3. The monoisotopic (exact) mass is 1500 g/mol. The molecule has 0 unspecified atom stereocenters. The third kappa shape index (κ3) is 12.0. The van der Waals surface area contributed by atoms with E-state index in [1.54, 1.807) is 0 Å². The predicted octanol–water partition coefficient (Wildman–Crippen LogP) is 27.2. The molecule has 0 saturated carbocycles. The first-order valence-electron chi connectivity index (χ1n) is 39.9. The zero-order valence-electron chi connectivity index (χ0n) is 65.5. The summed E-state index contributed by atoms with van der Waals surface area (Å²) in [5.74, 6) is 6.27. The standard InChI is InChI=1S/3C34H31N2S/c1-21(2)29-18-24(25-13-9-14-28-27-12-7-8-15-31(27)37-33(25)28)19-30(22(3)4)32(29)36-17-16-35-20-23-10-5-6-11-26(23)34(35)36;1-21(2)29-17-25(23-13-14-28-27-11-7-8-12-31(27)37-32(28)19-23)18-30(22(3)4)33(29)36-16-15-35-20-24-9-5-6-10-26(24)34(35)36;1-21(2)28-18-25(23-13-14-32-30(17-23)27-11-7-8-12-31(27)37-32)19-29(22(3)4)33(28)36-16-15-35-20-24-9-5-6-10-26(24)34(35)36/h3*5-19,21-22H,20H2,1-4H3/q3*+1. The Morgan fingerprint density at radius 2 is 0.568 bits per heavy atom. The molecule has 12 aromatic carbocycles. The molecular formula is C102H93N6S3+3. The van der Waals surface area contributed by atoms with Gasteiger partial charge in [-0.1, -0.05) is 229 Å². The smallest absolute Gasteiger partial charge is 0.225 e. The summed E-state index contributed by atoms with van der Waals surface area (Å²) in [7, 11) is 0. The van der Waals surface area contributed by atoms with Crippen molar-refractivity contribution in [1.29, 1.82) is 0 Å². The first-order chi connectivity index (χ1) is 54.0. The maximum atomic E-state index is 2.46. The summed E-state index contributed by atoms with van der Waals surface area (Å²) < 4.78 is 22.7. The van der Waals surface area contributed by atoms with Crippen LogP contribution >= 0.6 is 34.0 Å². The van der Waals surface area contributed by atoms with Crippen molar-refractivity contribution in [3.8, 4) is 84.6 Å². The van der Waals surface area contributed by atoms with Crippen LogP contribution in [-0.2, 0) is 19.6 Å². The van der Waals surface area contributed by atoms with Gasteiger partial charge in [0.1, 0.15) is 73.9 Å². The Labute approximate surface area is 663 Å². The molecule has 0 atom stereocenters. The van der Waals surface area contributed by atoms with Crippen LogP contribution in [0, 0.1) is 0 Å². The average Bonchev–Trinajstić information content (AvgIpc) is 1.59. The molecule has 9 heterocycles. The highest BCUT2D eigenvalue weighted by molar-refractivity contribution is 7.27. The number of imidazole rings is 3. The van der Waals surface area contributed by atoms with Crippen LogP contribution in [0.15, 0.2) is 274 Å². The molecule has 0 N–H and O–H groups in total. The van der Waals surface area contributed by atoms with Crippen LogP contribution < -0.4 is 13.7 Å². The molecule has 6 nitrogen and oxygen atoms in total. The van der Waals surface area contributed by atoms with Gasteiger partial charge < -0.3 is 0 Å². The molecule has 0 radical (unpaired) electrons. The molecule has 3 aliphatic rings. The topological polar surface area (TPSA) is 26.4 Å². The van der Waals surface area contributed by atoms with E-state index in [4.69, 9.17) is 0 Å². The van der Waals surface area contributed by atoms with E-state index in [-0.39, 0.29) is 0 Å². The lowest BCUT2D eigenvalue weighted by Gasteiger charge is -2.20. The fourth-order valence-electron chi connectivity index (χ4n) is 18.0. The largest absolute Gasteiger partial charge is 0.294 e. The van der Waals surface area contributed by atoms with E-state index in [0.29, 0.717) is 35.5 Å². The van der Waals surface area contributed by atoms with Crippen LogP contribution in [0.1, 0.15) is 169 Å². The van der Waals surface area contributed by atoms with Crippen LogP contribution in [0.3, 0.4) is 0 Å². The van der Waals surface area contributed by atoms with Crippen LogP contribution in [-0.4, -0.2) is 13.7 Å². The molecule has 0 amide bonds. The number of thiophene rings is 3. The molecule has 0 aliphatic carbocycles. The molecule has 0 bridgehead atoms. The number of rotatable bonds is 12. The maximum absolute atomic E-state index is 2.46. The Kier molecular flexibility index (Phi) is 17.8. The van der Waals surface area contributed by atoms with Crippen LogP contribution in [0.2, 0.25) is 0 Å². The minimum Gasteiger partial charge on any atom is -0.225 e. The summed E-state index contributed by atoms with van der Waals surface area (Å²) >= 11 is 5.69. The second-order valence-corrected chi connectivity index (χ2v) is 35.9. The Bertz CT molecular complexity index is 6620. The number of fused-ring (bicyclic) bond motifs is 18. The number of hydrogen-bond donors (Lipinski definition) is 0. The summed E-state index contributed by atoms with van der Waals surface area (Å²) in [4.78, 5) is 0. The molecule has 18 aromatic rings. The second kappa shape index (κ2) is 28.0. The second-order valence-electron chi connectivity index (χ2n) is 32.7. The molecule has 546 valence electrons. The summed E-state index contributed by atoms with van der Waals surface area (Å²) in [6, 6.07) is 88.3. The third-order valence-electron chi connectivity index (χ3n) is 23.6. The van der Waals surface area contributed by atoms with Gasteiger partial charge in [0.15, 0.2) is 0 Å². The zero-order chi connectivity index (χ0) is 75.8. The van der Waals surface area contributed by atoms with Crippen LogP contribution in [0.4, 0.5) is 0 Å². The number of aromatic nitrogens is 6. The number of nitrogens with zero attached hydrogens (tertiary/aromatic N) is 6. The van der Waals surface area contributed by atoms with Crippen molar-refractivity contribution in [3.05, 3.63) is 324 Å². The normalized spacial score (nSPS) is 12.7. The molecule has 0 saturated heterocycles. The SMILES string of the molecule is CC(C)c1cc(-c2ccc3c(c2)sc2ccccc23)cc(C(C)C)c1-n1cc[n+]2c1-c1ccccc1C2.CC(C)c1cc(-c2ccc3sc4ccccc4c3c2)cc(C(C)C)c1-n1cc[n+]2c1-c1ccccc1C2.CC(C)c1cc(-c2cccc3c2sc2ccccc23)cc(C(C)C)c1-n1cc[n+]2c1-c1ccccc1C2. The fourth-order valence-corrected chi connectivity index (χ4v) is 21.5. The predicted molar refractivity (Wildman–Crippen MR) is 471 cm³/mol. The maximum Gasteiger partial charge on any atom is 0.294 e. The van der Waals surface area contributed by atoms with E-state index in [9.17, 15) is 0 Å². The van der Waals surface area contributed by atoms with Crippen molar-refractivity contribution < 1.29 is 13.7 Å². The third-order valence-corrected chi connectivity index (χ3v) is 27.1. The van der Waals surface area contributed by atoms with E-state index in [1.165, 1.54) is 195 Å². The van der Waals surface area contributed by atoms with Gasteiger partial charge in [-0.3, -0.25) is 0 Å². The van der Waals surface area contributed by atoms with E-state index in [2.05, 4.69) is 384 Å². The first kappa shape index (κ1) is 70.3. The molecule has 6 aromatic heterocycles. The lowest BCUT2D eigenvalue weighted by Crippen LogP contribution is -2.30. The van der Waals surface area contributed by atoms with Gasteiger partial charge in [-0.15, -0.1) is 34.0 Å². The van der Waals surface area contributed by atoms with Gasteiger partial charge in [-0.05, 0) is 160 Å². The van der Waals surface area contributed by atoms with E-state index in [0.717, 1.165) is 19.6 Å². The Morgan fingerprint density at radius 3 is 1.00 bits per heavy atom. The van der Waals surface area contributed by atoms with Crippen LogP contribution in [0.25, 0.3) is 145 Å². The lowest BCUT2D eigenvalue weighted by molar-refractivity contribution is -0.671. The van der Waals surface area contributed by atoms with Crippen molar-refractivity contribution in [3.63, 3.8) is 0 Å². The molecule has 9 heteroatoms. The highest BCUT2D eigenvalue weighted by Crippen LogP contribution is 2.48. The van der Waals surface area contributed by atoms with Crippen molar-refractivity contribution in [2.45, 2.75) is 138 Å². The molecular weight excluding hydrogens is 1410 g/mol. The van der Waals surface area contributed by atoms with Crippen molar-refractivity contribution in [1.82, 2.24) is 13.7 Å². The average molecular weight is 1500 g/mol. The van der Waals surface area contributed by atoms with Gasteiger partial charge in [0.2, 0.25) is 0 Å². The fraction of sp³-hybridized carbons (Fsp3) is 0.206. The van der Waals surface area contributed by atoms with Gasteiger partial charge in [0.25, 0.3) is 17.5 Å². The Balaban J connectivity index is 0.000000112. The Morgan fingerprint density at radius 1 is 0.252 bits per heavy atom. The Hall–Kier alpha value is -11.1. The van der Waals surface area contributed by atoms with Crippen LogP contribution in [0.5, 0.6) is 0 Å². The highest BCUT2D eigenvalue weighted by atomic mass is 32.1. The van der Waals surface area contributed by atoms with Crippen molar-refractivity contribution >= 4 is 94.5 Å². The summed E-state index contributed by atoms with van der Waals surface area (Å²) in [6.45, 7) is 30.8. The molecule has 111 heavy (non-hydrogen) atoms. The van der Waals surface area contributed by atoms with Crippen molar-refractivity contribution in [2.75, 3.05) is 0 Å². The lowest BCUT2D eigenvalue weighted by atomic mass is 9.88. The van der Waals surface area contributed by atoms with Gasteiger partial charge in [-0.25, -0.2) is 13.7 Å². The highest BCUT2D eigenvalue weighted by Gasteiger charge is 2.37. The number of benzene rings is 12. The molecule has 0 fully saturated rings. The number of hydrogen-bond acceptors (Lipinski definition) is 3. The van der Waals surface area contributed by atoms with Gasteiger partial charge in [0.05, 0.1) is 16.7 Å². The summed E-state index contributed by atoms with van der Waals surface area (Å²) in [6.07, 6.45) is 13.5. The van der Waals surface area contributed by atoms with E-state index >= 15 is 0 Å². The minimum atomic E-state index is 0.397.